The normalized spacial score (nSPS) is 12.6. The summed E-state index contributed by atoms with van der Waals surface area (Å²) in [5.41, 5.74) is 8.48. The lowest BCUT2D eigenvalue weighted by Crippen LogP contribution is -2.26. The number of allylic oxidation sites excluding steroid dienone is 2. The first kappa shape index (κ1) is 23.0. The highest BCUT2D eigenvalue weighted by atomic mass is 35.5. The van der Waals surface area contributed by atoms with E-state index in [2.05, 4.69) is 25.9 Å². The monoisotopic (exact) mass is 474 g/mol. The predicted octanol–water partition coefficient (Wildman–Crippen LogP) is 4.14. The van der Waals surface area contributed by atoms with Gasteiger partial charge in [0.2, 0.25) is 0 Å². The van der Waals surface area contributed by atoms with Gasteiger partial charge in [-0.2, -0.15) is 0 Å². The van der Waals surface area contributed by atoms with E-state index in [-0.39, 0.29) is 5.56 Å². The minimum absolute atomic E-state index is 0.291. The van der Waals surface area contributed by atoms with Gasteiger partial charge in [0, 0.05) is 40.3 Å². The number of hydrogen-bond acceptors (Lipinski definition) is 6. The third kappa shape index (κ3) is 4.77. The van der Waals surface area contributed by atoms with Gasteiger partial charge in [0.25, 0.3) is 5.56 Å². The summed E-state index contributed by atoms with van der Waals surface area (Å²) in [7, 11) is 0. The Labute approximate surface area is 201 Å². The van der Waals surface area contributed by atoms with Crippen LogP contribution in [0.1, 0.15) is 29.7 Å². The van der Waals surface area contributed by atoms with Crippen molar-refractivity contribution in [3.63, 3.8) is 0 Å². The van der Waals surface area contributed by atoms with Gasteiger partial charge < -0.3 is 5.43 Å². The highest BCUT2D eigenvalue weighted by Gasteiger charge is 2.28. The Hall–Kier alpha value is -4.17. The van der Waals surface area contributed by atoms with Gasteiger partial charge in [-0.1, -0.05) is 35.9 Å². The SMILES string of the molecule is C/C(NNc1ccccn1)=C(/C=O)C(c1ccc(Cl)cc1)c1c(C)[nH]n(-c2ccccn2)c1=O. The van der Waals surface area contributed by atoms with E-state index in [4.69, 9.17) is 11.6 Å². The third-order valence-electron chi connectivity index (χ3n) is 5.40. The minimum atomic E-state index is -0.651. The summed E-state index contributed by atoms with van der Waals surface area (Å²) in [6.45, 7) is 3.57. The van der Waals surface area contributed by atoms with Crippen molar-refractivity contribution in [3.05, 3.63) is 117 Å². The van der Waals surface area contributed by atoms with E-state index in [1.165, 1.54) is 4.68 Å². The molecule has 34 heavy (non-hydrogen) atoms. The van der Waals surface area contributed by atoms with Crippen LogP contribution in [-0.2, 0) is 4.79 Å². The number of carbonyl (C=O) groups is 1. The van der Waals surface area contributed by atoms with Crippen LogP contribution in [0.4, 0.5) is 5.82 Å². The van der Waals surface area contributed by atoms with Crippen molar-refractivity contribution in [3.8, 4) is 5.82 Å². The van der Waals surface area contributed by atoms with Gasteiger partial charge in [-0.3, -0.25) is 20.1 Å². The average molecular weight is 475 g/mol. The zero-order valence-electron chi connectivity index (χ0n) is 18.6. The van der Waals surface area contributed by atoms with E-state index >= 15 is 0 Å². The van der Waals surface area contributed by atoms with Crippen molar-refractivity contribution >= 4 is 23.7 Å². The van der Waals surface area contributed by atoms with Crippen molar-refractivity contribution in [2.75, 3.05) is 5.43 Å². The van der Waals surface area contributed by atoms with Gasteiger partial charge in [0.15, 0.2) is 5.82 Å². The first-order chi connectivity index (χ1) is 16.5. The quantitative estimate of drug-likeness (QED) is 0.201. The molecule has 4 rings (SSSR count). The first-order valence-electron chi connectivity index (χ1n) is 10.6. The standard InChI is InChI=1S/C25H23ClN6O2/c1-16(29-30-21-7-3-5-13-27-21)20(15-33)24(18-9-11-19(26)12-10-18)23-17(2)31-32(25(23)34)22-8-4-6-14-28-22/h3-15,24,29,31H,1-2H3,(H,27,30)/b20-16+. The van der Waals surface area contributed by atoms with Crippen LogP contribution in [0.15, 0.2) is 89.1 Å². The fourth-order valence-electron chi connectivity index (χ4n) is 3.74. The van der Waals surface area contributed by atoms with Gasteiger partial charge in [-0.25, -0.2) is 14.6 Å². The van der Waals surface area contributed by atoms with Crippen molar-refractivity contribution < 1.29 is 4.79 Å². The molecule has 172 valence electrons. The van der Waals surface area contributed by atoms with Crippen molar-refractivity contribution in [2.24, 2.45) is 0 Å². The number of anilines is 1. The number of hydrogen-bond donors (Lipinski definition) is 3. The number of pyridine rings is 2. The summed E-state index contributed by atoms with van der Waals surface area (Å²) >= 11 is 6.11. The molecule has 0 aliphatic heterocycles. The average Bonchev–Trinajstić information content (AvgIpc) is 3.16. The zero-order chi connectivity index (χ0) is 24.1. The van der Waals surface area contributed by atoms with E-state index in [1.54, 1.807) is 62.6 Å². The number of aromatic amines is 1. The van der Waals surface area contributed by atoms with Crippen LogP contribution in [0, 0.1) is 6.92 Å². The van der Waals surface area contributed by atoms with E-state index in [0.717, 1.165) is 11.8 Å². The van der Waals surface area contributed by atoms with Gasteiger partial charge >= 0.3 is 0 Å². The Morgan fingerprint density at radius 3 is 2.38 bits per heavy atom. The maximum absolute atomic E-state index is 13.6. The van der Waals surface area contributed by atoms with E-state index in [1.807, 2.05) is 24.3 Å². The topological polar surface area (TPSA) is 105 Å². The molecule has 9 heteroatoms. The Morgan fingerprint density at radius 2 is 1.76 bits per heavy atom. The molecule has 3 N–H and O–H groups in total. The molecule has 1 aromatic carbocycles. The number of hydrazine groups is 1. The molecule has 1 unspecified atom stereocenters. The third-order valence-corrected chi connectivity index (χ3v) is 5.65. The van der Waals surface area contributed by atoms with Crippen LogP contribution < -0.4 is 16.4 Å². The number of halogens is 1. The summed E-state index contributed by atoms with van der Waals surface area (Å²) in [6.07, 6.45) is 4.03. The molecule has 0 aliphatic rings. The lowest BCUT2D eigenvalue weighted by molar-refractivity contribution is -0.105. The second-order valence-electron chi connectivity index (χ2n) is 7.63. The van der Waals surface area contributed by atoms with Crippen LogP contribution in [-0.4, -0.2) is 26.0 Å². The molecule has 1 atom stereocenters. The van der Waals surface area contributed by atoms with E-state index < -0.39 is 5.92 Å². The largest absolute Gasteiger partial charge is 0.304 e. The smallest absolute Gasteiger partial charge is 0.277 e. The highest BCUT2D eigenvalue weighted by molar-refractivity contribution is 6.30. The van der Waals surface area contributed by atoms with Crippen LogP contribution >= 0.6 is 11.6 Å². The lowest BCUT2D eigenvalue weighted by Gasteiger charge is -2.20. The summed E-state index contributed by atoms with van der Waals surface area (Å²) < 4.78 is 1.38. The number of aryl methyl sites for hydroxylation is 1. The summed E-state index contributed by atoms with van der Waals surface area (Å²) in [5.74, 6) is 0.395. The van der Waals surface area contributed by atoms with Gasteiger partial charge in [-0.05, 0) is 55.8 Å². The van der Waals surface area contributed by atoms with Crippen LogP contribution in [0.2, 0.25) is 5.02 Å². The van der Waals surface area contributed by atoms with Crippen LogP contribution in [0.3, 0.4) is 0 Å². The van der Waals surface area contributed by atoms with Gasteiger partial charge in [0.1, 0.15) is 12.1 Å². The Morgan fingerprint density at radius 1 is 1.06 bits per heavy atom. The molecule has 0 amide bonds. The number of nitrogens with one attached hydrogen (secondary N) is 3. The summed E-state index contributed by atoms with van der Waals surface area (Å²) in [4.78, 5) is 34.5. The molecule has 0 fully saturated rings. The molecule has 8 nitrogen and oxygen atoms in total. The second kappa shape index (κ2) is 10.2. The van der Waals surface area contributed by atoms with Crippen LogP contribution in [0.25, 0.3) is 5.82 Å². The predicted molar refractivity (Wildman–Crippen MR) is 132 cm³/mol. The van der Waals surface area contributed by atoms with E-state index in [0.29, 0.717) is 39.2 Å². The fourth-order valence-corrected chi connectivity index (χ4v) is 3.87. The van der Waals surface area contributed by atoms with E-state index in [9.17, 15) is 9.59 Å². The molecule has 0 saturated heterocycles. The number of carbonyl (C=O) groups excluding carboxylic acids is 1. The number of aromatic nitrogens is 4. The molecule has 0 saturated carbocycles. The Bertz CT molecular complexity index is 1360. The number of nitrogens with zero attached hydrogens (tertiary/aromatic N) is 3. The molecule has 0 spiro atoms. The molecule has 0 bridgehead atoms. The maximum Gasteiger partial charge on any atom is 0.277 e. The number of benzene rings is 1. The van der Waals surface area contributed by atoms with Gasteiger partial charge in [0.05, 0.1) is 5.56 Å². The van der Waals surface area contributed by atoms with Crippen molar-refractivity contribution in [1.82, 2.24) is 25.2 Å². The molecular formula is C25H23ClN6O2. The van der Waals surface area contributed by atoms with Crippen molar-refractivity contribution in [1.29, 1.82) is 0 Å². The molecular weight excluding hydrogens is 452 g/mol. The maximum atomic E-state index is 13.6. The molecule has 3 heterocycles. The van der Waals surface area contributed by atoms with Gasteiger partial charge in [-0.15, -0.1) is 0 Å². The lowest BCUT2D eigenvalue weighted by atomic mass is 9.84. The number of aldehydes is 1. The Kier molecular flexibility index (Phi) is 6.89. The fraction of sp³-hybridized carbons (Fsp3) is 0.120. The summed E-state index contributed by atoms with van der Waals surface area (Å²) in [5, 5.41) is 3.66. The Balaban J connectivity index is 1.83. The number of rotatable bonds is 8. The molecule has 4 aromatic rings. The second-order valence-corrected chi connectivity index (χ2v) is 8.06. The highest BCUT2D eigenvalue weighted by Crippen LogP contribution is 2.33. The summed E-state index contributed by atoms with van der Waals surface area (Å²) in [6, 6.07) is 17.9. The first-order valence-corrected chi connectivity index (χ1v) is 10.9. The van der Waals surface area contributed by atoms with Crippen LogP contribution in [0.5, 0.6) is 0 Å². The number of H-pyrrole nitrogens is 1. The van der Waals surface area contributed by atoms with Crippen molar-refractivity contribution in [2.45, 2.75) is 19.8 Å². The zero-order valence-corrected chi connectivity index (χ0v) is 19.4. The molecule has 0 aliphatic carbocycles. The minimum Gasteiger partial charge on any atom is -0.304 e. The molecule has 0 radical (unpaired) electrons. The molecule has 3 aromatic heterocycles.